The highest BCUT2D eigenvalue weighted by atomic mass is 16.2. The maximum Gasteiger partial charge on any atom is 0.230 e. The van der Waals surface area contributed by atoms with Crippen LogP contribution in [0.2, 0.25) is 0 Å². The third-order valence-electron chi connectivity index (χ3n) is 3.56. The first-order valence-electron chi connectivity index (χ1n) is 5.12. The van der Waals surface area contributed by atoms with Gasteiger partial charge in [0.1, 0.15) is 0 Å². The number of nitrogens with one attached hydrogen (secondary N) is 1. The smallest absolute Gasteiger partial charge is 0.230 e. The zero-order valence-electron chi connectivity index (χ0n) is 8.23. The Bertz CT molecular complexity index is 249. The zero-order valence-corrected chi connectivity index (χ0v) is 8.23. The summed E-state index contributed by atoms with van der Waals surface area (Å²) >= 11 is 0. The van der Waals surface area contributed by atoms with E-state index in [1.165, 1.54) is 12.8 Å². The molecule has 2 rings (SSSR count). The second kappa shape index (κ2) is 2.86. The standard InChI is InChI=1S/C11H17NO/c1-8-3-5-11(6-4-8)7-9(2)12-10(11)13/h8H,2-7H2,1H3,(H,12,13). The lowest BCUT2D eigenvalue weighted by Gasteiger charge is -2.33. The van der Waals surface area contributed by atoms with Crippen LogP contribution in [-0.4, -0.2) is 5.91 Å². The fraction of sp³-hybridized carbons (Fsp3) is 0.727. The van der Waals surface area contributed by atoms with E-state index in [1.807, 2.05) is 0 Å². The molecule has 0 radical (unpaired) electrons. The molecule has 2 nitrogen and oxygen atoms in total. The Morgan fingerprint density at radius 1 is 1.46 bits per heavy atom. The van der Waals surface area contributed by atoms with Gasteiger partial charge in [-0.05, 0) is 31.6 Å². The zero-order chi connectivity index (χ0) is 9.47. The molecule has 1 N–H and O–H groups in total. The van der Waals surface area contributed by atoms with Crippen LogP contribution in [0.4, 0.5) is 0 Å². The molecule has 0 bridgehead atoms. The minimum atomic E-state index is -0.0659. The van der Waals surface area contributed by atoms with Crippen LogP contribution in [0.15, 0.2) is 12.3 Å². The first kappa shape index (κ1) is 8.79. The van der Waals surface area contributed by atoms with Crippen molar-refractivity contribution in [2.75, 3.05) is 0 Å². The van der Waals surface area contributed by atoms with Crippen LogP contribution in [0.1, 0.15) is 39.0 Å². The first-order chi connectivity index (χ1) is 6.12. The molecular formula is C11H17NO. The van der Waals surface area contributed by atoms with E-state index < -0.39 is 0 Å². The molecule has 2 aliphatic rings. The number of carbonyl (C=O) groups excluding carboxylic acids is 1. The van der Waals surface area contributed by atoms with E-state index in [2.05, 4.69) is 18.8 Å². The predicted octanol–water partition coefficient (Wildman–Crippen LogP) is 2.22. The third kappa shape index (κ3) is 1.38. The monoisotopic (exact) mass is 179 g/mol. The van der Waals surface area contributed by atoms with Gasteiger partial charge in [-0.25, -0.2) is 0 Å². The molecule has 1 saturated heterocycles. The van der Waals surface area contributed by atoms with Crippen LogP contribution in [-0.2, 0) is 4.79 Å². The summed E-state index contributed by atoms with van der Waals surface area (Å²) in [7, 11) is 0. The molecule has 1 saturated carbocycles. The number of hydrogen-bond acceptors (Lipinski definition) is 1. The largest absolute Gasteiger partial charge is 0.330 e. The fourth-order valence-electron chi connectivity index (χ4n) is 2.54. The summed E-state index contributed by atoms with van der Waals surface area (Å²) in [6.07, 6.45) is 5.37. The second-order valence-corrected chi connectivity index (χ2v) is 4.70. The van der Waals surface area contributed by atoms with Crippen LogP contribution >= 0.6 is 0 Å². The SMILES string of the molecule is C=C1CC2(CCC(C)CC2)C(=O)N1. The van der Waals surface area contributed by atoms with Crippen LogP contribution in [0.3, 0.4) is 0 Å². The van der Waals surface area contributed by atoms with Crippen molar-refractivity contribution in [3.05, 3.63) is 12.3 Å². The number of rotatable bonds is 0. The third-order valence-corrected chi connectivity index (χ3v) is 3.56. The molecule has 0 unspecified atom stereocenters. The second-order valence-electron chi connectivity index (χ2n) is 4.70. The predicted molar refractivity (Wildman–Crippen MR) is 52.0 cm³/mol. The Morgan fingerprint density at radius 3 is 2.54 bits per heavy atom. The number of hydrogen-bond donors (Lipinski definition) is 1. The van der Waals surface area contributed by atoms with Gasteiger partial charge in [-0.1, -0.05) is 13.5 Å². The highest BCUT2D eigenvalue weighted by Gasteiger charge is 2.45. The minimum Gasteiger partial charge on any atom is -0.330 e. The van der Waals surface area contributed by atoms with Crippen molar-refractivity contribution in [2.45, 2.75) is 39.0 Å². The van der Waals surface area contributed by atoms with Gasteiger partial charge in [-0.3, -0.25) is 4.79 Å². The Hall–Kier alpha value is -0.790. The Morgan fingerprint density at radius 2 is 2.08 bits per heavy atom. The van der Waals surface area contributed by atoms with Crippen molar-refractivity contribution in [1.29, 1.82) is 0 Å². The molecule has 0 aromatic carbocycles. The first-order valence-corrected chi connectivity index (χ1v) is 5.12. The summed E-state index contributed by atoms with van der Waals surface area (Å²) < 4.78 is 0. The summed E-state index contributed by atoms with van der Waals surface area (Å²) in [5.74, 6) is 1.02. The van der Waals surface area contributed by atoms with Crippen molar-refractivity contribution >= 4 is 5.91 Å². The normalized spacial score (nSPS) is 39.6. The van der Waals surface area contributed by atoms with Crippen molar-refractivity contribution in [3.8, 4) is 0 Å². The van der Waals surface area contributed by atoms with Crippen LogP contribution in [0.25, 0.3) is 0 Å². The highest BCUT2D eigenvalue weighted by Crippen LogP contribution is 2.45. The van der Waals surface area contributed by atoms with E-state index in [-0.39, 0.29) is 11.3 Å². The van der Waals surface area contributed by atoms with Gasteiger partial charge in [0.15, 0.2) is 0 Å². The molecule has 0 aromatic rings. The maximum atomic E-state index is 11.7. The lowest BCUT2D eigenvalue weighted by Crippen LogP contribution is -2.34. The van der Waals surface area contributed by atoms with Crippen molar-refractivity contribution in [2.24, 2.45) is 11.3 Å². The van der Waals surface area contributed by atoms with Gasteiger partial charge >= 0.3 is 0 Å². The van der Waals surface area contributed by atoms with Crippen LogP contribution < -0.4 is 5.32 Å². The summed E-state index contributed by atoms with van der Waals surface area (Å²) in [5, 5.41) is 2.86. The van der Waals surface area contributed by atoms with E-state index >= 15 is 0 Å². The Kier molecular flexibility index (Phi) is 1.94. The van der Waals surface area contributed by atoms with Gasteiger partial charge in [0.25, 0.3) is 0 Å². The molecule has 1 spiro atoms. The van der Waals surface area contributed by atoms with Gasteiger partial charge in [-0.15, -0.1) is 0 Å². The van der Waals surface area contributed by atoms with Gasteiger partial charge in [-0.2, -0.15) is 0 Å². The van der Waals surface area contributed by atoms with E-state index in [0.717, 1.165) is 30.9 Å². The average Bonchev–Trinajstić information content (AvgIpc) is 2.34. The Balaban J connectivity index is 2.13. The van der Waals surface area contributed by atoms with E-state index in [9.17, 15) is 4.79 Å². The number of allylic oxidation sites excluding steroid dienone is 1. The topological polar surface area (TPSA) is 29.1 Å². The lowest BCUT2D eigenvalue weighted by molar-refractivity contribution is -0.129. The van der Waals surface area contributed by atoms with Gasteiger partial charge in [0.2, 0.25) is 5.91 Å². The highest BCUT2D eigenvalue weighted by molar-refractivity contribution is 5.87. The van der Waals surface area contributed by atoms with Crippen molar-refractivity contribution < 1.29 is 4.79 Å². The molecule has 72 valence electrons. The lowest BCUT2D eigenvalue weighted by atomic mass is 9.70. The minimum absolute atomic E-state index is 0.0659. The van der Waals surface area contributed by atoms with Crippen LogP contribution in [0, 0.1) is 11.3 Å². The molecule has 1 aliphatic carbocycles. The van der Waals surface area contributed by atoms with Gasteiger partial charge in [0, 0.05) is 12.1 Å². The molecule has 2 fully saturated rings. The Labute approximate surface area is 79.4 Å². The summed E-state index contributed by atoms with van der Waals surface area (Å²) in [5.41, 5.74) is 0.850. The van der Waals surface area contributed by atoms with Gasteiger partial charge < -0.3 is 5.32 Å². The molecule has 0 atom stereocenters. The van der Waals surface area contributed by atoms with E-state index in [1.54, 1.807) is 0 Å². The molecule has 13 heavy (non-hydrogen) atoms. The quantitative estimate of drug-likeness (QED) is 0.607. The molecule has 1 aliphatic heterocycles. The molecule has 2 heteroatoms. The molecular weight excluding hydrogens is 162 g/mol. The van der Waals surface area contributed by atoms with E-state index in [0.29, 0.717) is 0 Å². The molecule has 1 amide bonds. The van der Waals surface area contributed by atoms with Crippen LogP contribution in [0.5, 0.6) is 0 Å². The van der Waals surface area contributed by atoms with Crippen molar-refractivity contribution in [1.82, 2.24) is 5.32 Å². The average molecular weight is 179 g/mol. The number of carbonyl (C=O) groups is 1. The van der Waals surface area contributed by atoms with Crippen molar-refractivity contribution in [3.63, 3.8) is 0 Å². The maximum absolute atomic E-state index is 11.7. The van der Waals surface area contributed by atoms with Gasteiger partial charge in [0.05, 0.1) is 5.41 Å². The molecule has 1 heterocycles. The number of amides is 1. The fourth-order valence-corrected chi connectivity index (χ4v) is 2.54. The summed E-state index contributed by atoms with van der Waals surface area (Å²) in [6, 6.07) is 0. The summed E-state index contributed by atoms with van der Waals surface area (Å²) in [4.78, 5) is 11.7. The molecule has 0 aromatic heterocycles. The summed E-state index contributed by atoms with van der Waals surface area (Å²) in [6.45, 7) is 6.11. The van der Waals surface area contributed by atoms with E-state index in [4.69, 9.17) is 0 Å².